The SMILES string of the molecule is COC(=O)C1=C(Sc2ccncc2)CCC2C(NC(=O)C(=NOC(c3ccccc3)(c3ccccc3)c3ccccc3)c3nc(NC(c4ccccc4)(c4ccccc4)c4ccccc4)sc3Cl)C(=O)N12. The second-order valence-electron chi connectivity index (χ2n) is 16.7. The van der Waals surface area contributed by atoms with Crippen LogP contribution in [0.5, 0.6) is 0 Å². The van der Waals surface area contributed by atoms with Crippen molar-refractivity contribution in [1.29, 1.82) is 0 Å². The number of thioether (sulfide) groups is 1. The first kappa shape index (κ1) is 46.9. The quantitative estimate of drug-likeness (QED) is 0.0319. The number of hydrogen-bond donors (Lipinski definition) is 2. The van der Waals surface area contributed by atoms with Crippen LogP contribution in [0.2, 0.25) is 4.34 Å². The molecule has 0 saturated carbocycles. The lowest BCUT2D eigenvalue weighted by Crippen LogP contribution is -2.72. The minimum absolute atomic E-state index is 0.0290. The van der Waals surface area contributed by atoms with Gasteiger partial charge in [0.2, 0.25) is 5.60 Å². The zero-order valence-corrected chi connectivity index (χ0v) is 40.6. The van der Waals surface area contributed by atoms with Crippen molar-refractivity contribution in [1.82, 2.24) is 20.2 Å². The number of thiazole rings is 1. The summed E-state index contributed by atoms with van der Waals surface area (Å²) in [6, 6.07) is 61.2. The summed E-state index contributed by atoms with van der Waals surface area (Å²) in [6.07, 6.45) is 4.24. The maximum Gasteiger partial charge on any atom is 0.355 e. The number of nitrogens with zero attached hydrogens (tertiary/aromatic N) is 4. The van der Waals surface area contributed by atoms with E-state index in [1.807, 2.05) is 158 Å². The molecule has 14 heteroatoms. The first-order valence-electron chi connectivity index (χ1n) is 22.9. The van der Waals surface area contributed by atoms with Crippen LogP contribution in [-0.2, 0) is 35.1 Å². The Morgan fingerprint density at radius 1 is 0.704 bits per heavy atom. The summed E-state index contributed by atoms with van der Waals surface area (Å²) in [5, 5.41) is 12.0. The van der Waals surface area contributed by atoms with Crippen molar-refractivity contribution in [3.05, 3.63) is 261 Å². The Hall–Kier alpha value is -7.84. The largest absolute Gasteiger partial charge is 0.464 e. The summed E-state index contributed by atoms with van der Waals surface area (Å²) in [5.41, 5.74) is 2.54. The number of halogens is 1. The number of aromatic nitrogens is 2. The highest BCUT2D eigenvalue weighted by Crippen LogP contribution is 2.46. The monoisotopic (exact) mass is 992 g/mol. The Kier molecular flexibility index (Phi) is 13.6. The lowest BCUT2D eigenvalue weighted by atomic mass is 9.77. The molecule has 0 spiro atoms. The molecule has 2 aliphatic rings. The number of nitrogens with one attached hydrogen (secondary N) is 2. The van der Waals surface area contributed by atoms with E-state index in [2.05, 4.69) is 52.0 Å². The number of fused-ring (bicyclic) bond motifs is 1. The molecular formula is C57H45ClN6O5S2. The number of carbonyl (C=O) groups is 3. The fourth-order valence-electron chi connectivity index (χ4n) is 9.40. The zero-order valence-electron chi connectivity index (χ0n) is 38.2. The number of allylic oxidation sites excluding steroid dienone is 1. The molecule has 4 heterocycles. The third-order valence-electron chi connectivity index (χ3n) is 12.7. The number of β-lactam (4-membered cyclic amide) rings is 1. The lowest BCUT2D eigenvalue weighted by Gasteiger charge is -2.50. The molecular weight excluding hydrogens is 948 g/mol. The van der Waals surface area contributed by atoms with E-state index >= 15 is 4.79 Å². The smallest absolute Gasteiger partial charge is 0.355 e. The summed E-state index contributed by atoms with van der Waals surface area (Å²) in [6.45, 7) is 0. The first-order valence-corrected chi connectivity index (χ1v) is 24.9. The molecule has 2 amide bonds. The summed E-state index contributed by atoms with van der Waals surface area (Å²) >= 11 is 9.81. The Morgan fingerprint density at radius 2 is 1.17 bits per heavy atom. The highest BCUT2D eigenvalue weighted by atomic mass is 35.5. The number of esters is 1. The van der Waals surface area contributed by atoms with Crippen molar-refractivity contribution in [2.45, 2.75) is 41.0 Å². The molecule has 1 saturated heterocycles. The van der Waals surface area contributed by atoms with E-state index in [0.717, 1.165) is 49.6 Å². The van der Waals surface area contributed by atoms with Crippen LogP contribution in [0.15, 0.2) is 227 Å². The van der Waals surface area contributed by atoms with Crippen molar-refractivity contribution in [3.63, 3.8) is 0 Å². The third-order valence-corrected chi connectivity index (χ3v) is 15.0. The average Bonchev–Trinajstić information content (AvgIpc) is 3.80. The van der Waals surface area contributed by atoms with Crippen molar-refractivity contribution in [2.24, 2.45) is 5.16 Å². The van der Waals surface area contributed by atoms with Gasteiger partial charge in [-0.05, 0) is 41.7 Å². The van der Waals surface area contributed by atoms with Gasteiger partial charge >= 0.3 is 5.97 Å². The maximum atomic E-state index is 15.3. The number of pyridine rings is 1. The summed E-state index contributed by atoms with van der Waals surface area (Å²) in [4.78, 5) is 62.1. The highest BCUT2D eigenvalue weighted by Gasteiger charge is 2.54. The number of oxime groups is 1. The van der Waals surface area contributed by atoms with Crippen molar-refractivity contribution in [2.75, 3.05) is 12.4 Å². The predicted molar refractivity (Wildman–Crippen MR) is 278 cm³/mol. The minimum atomic E-state index is -1.39. The van der Waals surface area contributed by atoms with E-state index in [-0.39, 0.29) is 21.4 Å². The van der Waals surface area contributed by atoms with Crippen LogP contribution in [0, 0.1) is 0 Å². The minimum Gasteiger partial charge on any atom is -0.464 e. The van der Waals surface area contributed by atoms with Crippen LogP contribution in [0.25, 0.3) is 0 Å². The predicted octanol–water partition coefficient (Wildman–Crippen LogP) is 11.0. The number of ether oxygens (including phenoxy) is 1. The molecule has 0 bridgehead atoms. The van der Waals surface area contributed by atoms with Gasteiger partial charge in [0, 0.05) is 38.9 Å². The van der Waals surface area contributed by atoms with Crippen molar-refractivity contribution >= 4 is 63.3 Å². The van der Waals surface area contributed by atoms with Gasteiger partial charge < -0.3 is 20.2 Å². The second kappa shape index (κ2) is 20.6. The molecule has 2 unspecified atom stereocenters. The van der Waals surface area contributed by atoms with Gasteiger partial charge in [0.25, 0.3) is 11.8 Å². The van der Waals surface area contributed by atoms with E-state index < -0.39 is 41.0 Å². The number of amides is 2. The topological polar surface area (TPSA) is 135 Å². The fraction of sp³-hybridized carbons (Fsp3) is 0.123. The Bertz CT molecular complexity index is 3030. The first-order chi connectivity index (χ1) is 34.8. The summed E-state index contributed by atoms with van der Waals surface area (Å²) < 4.78 is 5.36. The van der Waals surface area contributed by atoms with E-state index in [4.69, 9.17) is 31.3 Å². The van der Waals surface area contributed by atoms with Crippen LogP contribution in [0.3, 0.4) is 0 Å². The van der Waals surface area contributed by atoms with Crippen molar-refractivity contribution < 1.29 is 24.0 Å². The molecule has 6 aromatic carbocycles. The molecule has 352 valence electrons. The van der Waals surface area contributed by atoms with Gasteiger partial charge in [0.15, 0.2) is 10.8 Å². The molecule has 10 rings (SSSR count). The van der Waals surface area contributed by atoms with E-state index in [9.17, 15) is 9.59 Å². The third kappa shape index (κ3) is 8.99. The number of anilines is 1. The van der Waals surface area contributed by atoms with Crippen LogP contribution >= 0.6 is 34.7 Å². The molecule has 2 aromatic heterocycles. The molecule has 0 radical (unpaired) electrons. The number of carbonyl (C=O) groups excluding carboxylic acids is 3. The molecule has 2 N–H and O–H groups in total. The van der Waals surface area contributed by atoms with Crippen LogP contribution in [-0.4, -0.2) is 57.6 Å². The van der Waals surface area contributed by atoms with Gasteiger partial charge in [-0.15, -0.1) is 0 Å². The van der Waals surface area contributed by atoms with Gasteiger partial charge in [-0.1, -0.05) is 222 Å². The lowest BCUT2D eigenvalue weighted by molar-refractivity contribution is -0.156. The van der Waals surface area contributed by atoms with Gasteiger partial charge in [0.1, 0.15) is 27.3 Å². The van der Waals surface area contributed by atoms with Gasteiger partial charge in [0.05, 0.1) is 13.2 Å². The van der Waals surface area contributed by atoms with Crippen LogP contribution in [0.1, 0.15) is 51.9 Å². The second-order valence-corrected chi connectivity index (χ2v) is 19.5. The van der Waals surface area contributed by atoms with E-state index in [1.54, 1.807) is 12.4 Å². The zero-order chi connectivity index (χ0) is 48.8. The Morgan fingerprint density at radius 3 is 1.63 bits per heavy atom. The summed E-state index contributed by atoms with van der Waals surface area (Å²) in [5.74, 6) is -1.88. The number of hydrogen-bond acceptors (Lipinski definition) is 11. The molecule has 2 atom stereocenters. The van der Waals surface area contributed by atoms with Gasteiger partial charge in [-0.25, -0.2) is 9.78 Å². The van der Waals surface area contributed by atoms with E-state index in [0.29, 0.717) is 22.9 Å². The summed E-state index contributed by atoms with van der Waals surface area (Å²) in [7, 11) is 1.28. The average molecular weight is 994 g/mol. The van der Waals surface area contributed by atoms with Crippen LogP contribution in [0.4, 0.5) is 5.13 Å². The Labute approximate surface area is 424 Å². The maximum absolute atomic E-state index is 15.3. The normalized spacial score (nSPS) is 15.8. The number of methoxy groups -OCH3 is 1. The van der Waals surface area contributed by atoms with Gasteiger partial charge in [-0.3, -0.25) is 19.5 Å². The van der Waals surface area contributed by atoms with E-state index in [1.165, 1.54) is 23.8 Å². The number of benzene rings is 6. The number of rotatable bonds is 16. The van der Waals surface area contributed by atoms with Gasteiger partial charge in [-0.2, -0.15) is 0 Å². The Balaban J connectivity index is 1.09. The van der Waals surface area contributed by atoms with Crippen molar-refractivity contribution in [3.8, 4) is 0 Å². The highest BCUT2D eigenvalue weighted by molar-refractivity contribution is 8.03. The molecule has 2 aliphatic heterocycles. The molecule has 11 nitrogen and oxygen atoms in total. The molecule has 0 aliphatic carbocycles. The van der Waals surface area contributed by atoms with Crippen LogP contribution < -0.4 is 10.6 Å². The fourth-order valence-corrected chi connectivity index (χ4v) is 11.5. The molecule has 1 fully saturated rings. The molecule has 8 aromatic rings. The standard InChI is InChI=1S/C57H45ClN6O5S2/c1-68-54(67)50-46(70-44-34-36-59-37-35-44)33-32-45-47(53(66)64(45)50)60-52(65)49(63-69-57(41-26-14-5-15-27-41,42-28-16-6-17-29-42)43-30-18-7-19-31-43)48-51(58)71-55(61-48)62-56(38-20-8-2-9-21-38,39-22-10-3-11-23-39)40-24-12-4-13-25-40/h2-31,34-37,45,47H,32-33H2,1H3,(H,60,65)(H,61,62). The molecule has 71 heavy (non-hydrogen) atoms.